The maximum Gasteiger partial charge on any atom is 0.347 e. The van der Waals surface area contributed by atoms with Gasteiger partial charge in [0.15, 0.2) is 0 Å². The average molecular weight is 200 g/mol. The summed E-state index contributed by atoms with van der Waals surface area (Å²) in [5.41, 5.74) is 0.602. The molecule has 13 heavy (non-hydrogen) atoms. The Morgan fingerprint density at radius 1 is 1.69 bits per heavy atom. The molecule has 1 rings (SSSR count). The SMILES string of the molecule is CCNCc1nc(C)c(C(=O)O)s1. The Bertz CT molecular complexity index is 309. The van der Waals surface area contributed by atoms with Crippen LogP contribution in [-0.4, -0.2) is 22.6 Å². The number of thiazole rings is 1. The van der Waals surface area contributed by atoms with Gasteiger partial charge in [0, 0.05) is 6.54 Å². The first kappa shape index (κ1) is 10.1. The fraction of sp³-hybridized carbons (Fsp3) is 0.500. The van der Waals surface area contributed by atoms with Crippen LogP contribution in [-0.2, 0) is 6.54 Å². The summed E-state index contributed by atoms with van der Waals surface area (Å²) in [6.45, 7) is 5.23. The number of nitrogens with one attached hydrogen (secondary N) is 1. The van der Waals surface area contributed by atoms with E-state index in [9.17, 15) is 4.79 Å². The summed E-state index contributed by atoms with van der Waals surface area (Å²) in [5.74, 6) is -0.891. The number of carboxylic acid groups (broad SMARTS) is 1. The molecule has 5 heteroatoms. The number of carbonyl (C=O) groups is 1. The molecule has 0 unspecified atom stereocenters. The van der Waals surface area contributed by atoms with Gasteiger partial charge >= 0.3 is 5.97 Å². The van der Waals surface area contributed by atoms with Crippen molar-refractivity contribution >= 4 is 17.3 Å². The number of carboxylic acids is 1. The van der Waals surface area contributed by atoms with Gasteiger partial charge < -0.3 is 10.4 Å². The quantitative estimate of drug-likeness (QED) is 0.768. The van der Waals surface area contributed by atoms with Crippen molar-refractivity contribution in [2.24, 2.45) is 0 Å². The molecule has 0 saturated heterocycles. The highest BCUT2D eigenvalue weighted by molar-refractivity contribution is 7.13. The standard InChI is InChI=1S/C8H12N2O2S/c1-3-9-4-6-10-5(2)7(13-6)8(11)12/h9H,3-4H2,1-2H3,(H,11,12). The second-order valence-corrected chi connectivity index (χ2v) is 3.69. The highest BCUT2D eigenvalue weighted by Gasteiger charge is 2.12. The fourth-order valence-corrected chi connectivity index (χ4v) is 1.83. The predicted molar refractivity (Wildman–Crippen MR) is 51.2 cm³/mol. The van der Waals surface area contributed by atoms with Gasteiger partial charge in [-0.05, 0) is 13.5 Å². The van der Waals surface area contributed by atoms with Crippen molar-refractivity contribution in [1.29, 1.82) is 0 Å². The molecule has 0 aliphatic rings. The van der Waals surface area contributed by atoms with E-state index in [1.165, 1.54) is 11.3 Å². The molecule has 0 spiro atoms. The van der Waals surface area contributed by atoms with Gasteiger partial charge in [-0.2, -0.15) is 0 Å². The first-order valence-electron chi connectivity index (χ1n) is 4.05. The molecule has 1 heterocycles. The second kappa shape index (κ2) is 4.34. The van der Waals surface area contributed by atoms with E-state index in [4.69, 9.17) is 5.11 Å². The minimum atomic E-state index is -0.891. The lowest BCUT2D eigenvalue weighted by Gasteiger charge is -1.94. The zero-order chi connectivity index (χ0) is 9.84. The lowest BCUT2D eigenvalue weighted by atomic mass is 10.4. The summed E-state index contributed by atoms with van der Waals surface area (Å²) in [7, 11) is 0. The van der Waals surface area contributed by atoms with Crippen molar-refractivity contribution in [3.8, 4) is 0 Å². The molecule has 0 aliphatic carbocycles. The average Bonchev–Trinajstić information content (AvgIpc) is 2.43. The molecule has 0 aromatic carbocycles. The van der Waals surface area contributed by atoms with Crippen molar-refractivity contribution in [2.45, 2.75) is 20.4 Å². The highest BCUT2D eigenvalue weighted by atomic mass is 32.1. The number of aromatic nitrogens is 1. The van der Waals surface area contributed by atoms with Crippen LogP contribution in [0, 0.1) is 6.92 Å². The lowest BCUT2D eigenvalue weighted by Crippen LogP contribution is -2.11. The summed E-state index contributed by atoms with van der Waals surface area (Å²) in [5, 5.41) is 12.7. The highest BCUT2D eigenvalue weighted by Crippen LogP contribution is 2.17. The summed E-state index contributed by atoms with van der Waals surface area (Å²) in [6, 6.07) is 0. The van der Waals surface area contributed by atoms with E-state index < -0.39 is 5.97 Å². The van der Waals surface area contributed by atoms with Crippen LogP contribution < -0.4 is 5.32 Å². The molecule has 0 amide bonds. The number of nitrogens with zero attached hydrogens (tertiary/aromatic N) is 1. The Kier molecular flexibility index (Phi) is 3.39. The normalized spacial score (nSPS) is 10.3. The predicted octanol–water partition coefficient (Wildman–Crippen LogP) is 1.26. The Hall–Kier alpha value is -0.940. The van der Waals surface area contributed by atoms with Crippen LogP contribution in [0.4, 0.5) is 0 Å². The van der Waals surface area contributed by atoms with Crippen molar-refractivity contribution in [3.05, 3.63) is 15.6 Å². The molecule has 4 nitrogen and oxygen atoms in total. The summed E-state index contributed by atoms with van der Waals surface area (Å²) in [6.07, 6.45) is 0. The zero-order valence-corrected chi connectivity index (χ0v) is 8.44. The van der Waals surface area contributed by atoms with Gasteiger partial charge in [0.05, 0.1) is 5.69 Å². The molecule has 2 N–H and O–H groups in total. The van der Waals surface area contributed by atoms with E-state index in [2.05, 4.69) is 10.3 Å². The van der Waals surface area contributed by atoms with Gasteiger partial charge in [-0.25, -0.2) is 9.78 Å². The van der Waals surface area contributed by atoms with Crippen molar-refractivity contribution < 1.29 is 9.90 Å². The molecular formula is C8H12N2O2S. The Balaban J connectivity index is 2.76. The summed E-state index contributed by atoms with van der Waals surface area (Å²) >= 11 is 1.23. The second-order valence-electron chi connectivity index (χ2n) is 2.61. The molecule has 1 aromatic rings. The van der Waals surface area contributed by atoms with Crippen LogP contribution >= 0.6 is 11.3 Å². The minimum absolute atomic E-state index is 0.341. The van der Waals surface area contributed by atoms with E-state index in [1.807, 2.05) is 6.92 Å². The topological polar surface area (TPSA) is 62.2 Å². The van der Waals surface area contributed by atoms with Crippen molar-refractivity contribution in [2.75, 3.05) is 6.54 Å². The minimum Gasteiger partial charge on any atom is -0.477 e. The van der Waals surface area contributed by atoms with Crippen LogP contribution in [0.15, 0.2) is 0 Å². The Morgan fingerprint density at radius 3 is 2.85 bits per heavy atom. The molecule has 72 valence electrons. The van der Waals surface area contributed by atoms with Crippen LogP contribution in [0.25, 0.3) is 0 Å². The van der Waals surface area contributed by atoms with Gasteiger partial charge in [0.2, 0.25) is 0 Å². The summed E-state index contributed by atoms with van der Waals surface area (Å²) in [4.78, 5) is 15.1. The van der Waals surface area contributed by atoms with Crippen molar-refractivity contribution in [3.63, 3.8) is 0 Å². The molecule has 0 aliphatic heterocycles. The Labute approximate surface area is 80.6 Å². The van der Waals surface area contributed by atoms with Crippen LogP contribution in [0.5, 0.6) is 0 Å². The number of aryl methyl sites for hydroxylation is 1. The Morgan fingerprint density at radius 2 is 2.38 bits per heavy atom. The smallest absolute Gasteiger partial charge is 0.347 e. The molecule has 0 atom stereocenters. The van der Waals surface area contributed by atoms with Crippen molar-refractivity contribution in [1.82, 2.24) is 10.3 Å². The monoisotopic (exact) mass is 200 g/mol. The first-order valence-corrected chi connectivity index (χ1v) is 4.87. The third-order valence-corrected chi connectivity index (χ3v) is 2.71. The molecular weight excluding hydrogens is 188 g/mol. The molecule has 0 radical (unpaired) electrons. The lowest BCUT2D eigenvalue weighted by molar-refractivity contribution is 0.0701. The largest absolute Gasteiger partial charge is 0.477 e. The van der Waals surface area contributed by atoms with E-state index in [1.54, 1.807) is 6.92 Å². The molecule has 0 fully saturated rings. The first-order chi connectivity index (χ1) is 6.15. The molecule has 1 aromatic heterocycles. The van der Waals surface area contributed by atoms with Gasteiger partial charge in [-0.1, -0.05) is 6.92 Å². The van der Waals surface area contributed by atoms with Crippen LogP contribution in [0.3, 0.4) is 0 Å². The van der Waals surface area contributed by atoms with E-state index in [-0.39, 0.29) is 0 Å². The maximum atomic E-state index is 10.7. The third-order valence-electron chi connectivity index (χ3n) is 1.56. The van der Waals surface area contributed by atoms with E-state index >= 15 is 0 Å². The van der Waals surface area contributed by atoms with Gasteiger partial charge in [0.25, 0.3) is 0 Å². The summed E-state index contributed by atoms with van der Waals surface area (Å²) < 4.78 is 0. The molecule has 0 saturated carbocycles. The van der Waals surface area contributed by atoms with Crippen LogP contribution in [0.1, 0.15) is 27.3 Å². The molecule has 0 bridgehead atoms. The zero-order valence-electron chi connectivity index (χ0n) is 7.63. The third kappa shape index (κ3) is 2.50. The number of aromatic carboxylic acids is 1. The maximum absolute atomic E-state index is 10.7. The number of hydrogen-bond acceptors (Lipinski definition) is 4. The van der Waals surface area contributed by atoms with E-state index in [0.717, 1.165) is 11.6 Å². The van der Waals surface area contributed by atoms with Gasteiger partial charge in [-0.3, -0.25) is 0 Å². The fourth-order valence-electron chi connectivity index (χ4n) is 0.958. The number of hydrogen-bond donors (Lipinski definition) is 2. The van der Waals surface area contributed by atoms with Crippen LogP contribution in [0.2, 0.25) is 0 Å². The van der Waals surface area contributed by atoms with E-state index in [0.29, 0.717) is 17.1 Å². The number of rotatable bonds is 4. The van der Waals surface area contributed by atoms with Gasteiger partial charge in [-0.15, -0.1) is 11.3 Å². The van der Waals surface area contributed by atoms with Gasteiger partial charge in [0.1, 0.15) is 9.88 Å².